The van der Waals surface area contributed by atoms with E-state index in [1.165, 1.54) is 18.2 Å². The van der Waals surface area contributed by atoms with Crippen molar-refractivity contribution in [2.24, 2.45) is 0 Å². The normalized spacial score (nSPS) is 10.2. The number of nitrogens with one attached hydrogen (secondary N) is 1. The lowest BCUT2D eigenvalue weighted by atomic mass is 10.2. The molecule has 0 saturated heterocycles. The summed E-state index contributed by atoms with van der Waals surface area (Å²) < 4.78 is 18.9. The maximum Gasteiger partial charge on any atom is 0.255 e. The molecule has 5 heteroatoms. The van der Waals surface area contributed by atoms with Crippen molar-refractivity contribution in [3.63, 3.8) is 0 Å². The maximum atomic E-state index is 13.2. The molecule has 0 aliphatic heterocycles. The van der Waals surface area contributed by atoms with Crippen LogP contribution in [-0.2, 0) is 0 Å². The quantitative estimate of drug-likeness (QED) is 0.678. The minimum atomic E-state index is -0.534. The smallest absolute Gasteiger partial charge is 0.255 e. The van der Waals surface area contributed by atoms with E-state index in [0.29, 0.717) is 22.7 Å². The lowest BCUT2D eigenvalue weighted by Crippen LogP contribution is -2.11. The molecular weight excluding hydrogens is 329 g/mol. The van der Waals surface area contributed by atoms with Gasteiger partial charge in [-0.1, -0.05) is 35.9 Å². The second-order valence-electron chi connectivity index (χ2n) is 5.03. The molecule has 0 aliphatic rings. The lowest BCUT2D eigenvalue weighted by Gasteiger charge is -2.09. The third kappa shape index (κ3) is 3.91. The van der Waals surface area contributed by atoms with E-state index < -0.39 is 5.82 Å². The van der Waals surface area contributed by atoms with Crippen molar-refractivity contribution in [3.8, 4) is 11.5 Å². The zero-order chi connectivity index (χ0) is 16.9. The molecule has 0 atom stereocenters. The zero-order valence-corrected chi connectivity index (χ0v) is 13.3. The summed E-state index contributed by atoms with van der Waals surface area (Å²) in [6, 6.07) is 20.1. The first-order chi connectivity index (χ1) is 11.6. The van der Waals surface area contributed by atoms with Gasteiger partial charge in [0.05, 0.1) is 5.02 Å². The second-order valence-corrected chi connectivity index (χ2v) is 5.43. The highest BCUT2D eigenvalue weighted by atomic mass is 35.5. The van der Waals surface area contributed by atoms with Gasteiger partial charge < -0.3 is 10.1 Å². The van der Waals surface area contributed by atoms with Crippen LogP contribution in [0.4, 0.5) is 10.1 Å². The van der Waals surface area contributed by atoms with E-state index in [1.807, 2.05) is 30.3 Å². The molecule has 0 aliphatic carbocycles. The summed E-state index contributed by atoms with van der Waals surface area (Å²) in [5, 5.41) is 2.62. The Kier molecular flexibility index (Phi) is 4.77. The van der Waals surface area contributed by atoms with E-state index in [0.717, 1.165) is 0 Å². The fourth-order valence-corrected chi connectivity index (χ4v) is 2.28. The molecule has 0 spiro atoms. The van der Waals surface area contributed by atoms with Crippen LogP contribution in [0.2, 0.25) is 5.02 Å². The summed E-state index contributed by atoms with van der Waals surface area (Å²) in [4.78, 5) is 12.3. The van der Waals surface area contributed by atoms with E-state index in [2.05, 4.69) is 5.32 Å². The van der Waals surface area contributed by atoms with Crippen LogP contribution in [0.3, 0.4) is 0 Å². The first-order valence-electron chi connectivity index (χ1n) is 7.21. The molecule has 3 nitrogen and oxygen atoms in total. The van der Waals surface area contributed by atoms with Crippen LogP contribution in [0.25, 0.3) is 0 Å². The van der Waals surface area contributed by atoms with Gasteiger partial charge in [0.1, 0.15) is 17.3 Å². The van der Waals surface area contributed by atoms with Crippen molar-refractivity contribution in [1.29, 1.82) is 0 Å². The Hall–Kier alpha value is -2.85. The number of para-hydroxylation sites is 1. The van der Waals surface area contributed by atoms with Crippen molar-refractivity contribution in [1.82, 2.24) is 0 Å². The number of hydrogen-bond donors (Lipinski definition) is 1. The first-order valence-corrected chi connectivity index (χ1v) is 7.59. The van der Waals surface area contributed by atoms with E-state index in [4.69, 9.17) is 16.3 Å². The molecule has 3 aromatic carbocycles. The van der Waals surface area contributed by atoms with Crippen molar-refractivity contribution in [2.75, 3.05) is 5.32 Å². The molecule has 0 unspecified atom stereocenters. The minimum Gasteiger partial charge on any atom is -0.457 e. The number of amides is 1. The van der Waals surface area contributed by atoms with Gasteiger partial charge in [-0.25, -0.2) is 4.39 Å². The molecule has 3 rings (SSSR count). The van der Waals surface area contributed by atoms with Gasteiger partial charge in [-0.3, -0.25) is 4.79 Å². The summed E-state index contributed by atoms with van der Waals surface area (Å²) in [5.41, 5.74) is 0.838. The van der Waals surface area contributed by atoms with Gasteiger partial charge >= 0.3 is 0 Å². The monoisotopic (exact) mass is 341 g/mol. The molecule has 0 heterocycles. The Bertz CT molecular complexity index is 868. The first kappa shape index (κ1) is 16.0. The predicted octanol–water partition coefficient (Wildman–Crippen LogP) is 5.52. The number of rotatable bonds is 4. The number of anilines is 1. The molecular formula is C19H13ClFNO2. The third-order valence-corrected chi connectivity index (χ3v) is 3.54. The molecule has 1 amide bonds. The molecule has 0 aromatic heterocycles. The SMILES string of the molecule is O=C(Nc1ccc(F)c(Cl)c1)c1cccc(Oc2ccccc2)c1. The fraction of sp³-hybridized carbons (Fsp3) is 0. The molecule has 24 heavy (non-hydrogen) atoms. The molecule has 3 aromatic rings. The summed E-state index contributed by atoms with van der Waals surface area (Å²) in [6.45, 7) is 0. The van der Waals surface area contributed by atoms with E-state index >= 15 is 0 Å². The lowest BCUT2D eigenvalue weighted by molar-refractivity contribution is 0.102. The zero-order valence-electron chi connectivity index (χ0n) is 12.5. The van der Waals surface area contributed by atoms with Crippen molar-refractivity contribution in [2.45, 2.75) is 0 Å². The Balaban J connectivity index is 1.75. The van der Waals surface area contributed by atoms with E-state index in [1.54, 1.807) is 24.3 Å². The summed E-state index contributed by atoms with van der Waals surface area (Å²) in [5.74, 6) is 0.357. The highest BCUT2D eigenvalue weighted by Crippen LogP contribution is 2.23. The molecule has 0 bridgehead atoms. The van der Waals surface area contributed by atoms with Gasteiger partial charge in [0, 0.05) is 11.3 Å². The van der Waals surface area contributed by atoms with Gasteiger partial charge in [0.25, 0.3) is 5.91 Å². The number of ether oxygens (including phenoxy) is 1. The standard InChI is InChI=1S/C19H13ClFNO2/c20-17-12-14(9-10-18(17)21)22-19(23)13-5-4-8-16(11-13)24-15-6-2-1-3-7-15/h1-12H,(H,22,23). The van der Waals surface area contributed by atoms with Crippen LogP contribution in [0.5, 0.6) is 11.5 Å². The van der Waals surface area contributed by atoms with Crippen molar-refractivity contribution in [3.05, 3.63) is 89.2 Å². The van der Waals surface area contributed by atoms with Gasteiger partial charge in [0.2, 0.25) is 0 Å². The Labute approximate surface area is 143 Å². The highest BCUT2D eigenvalue weighted by molar-refractivity contribution is 6.31. The van der Waals surface area contributed by atoms with Crippen LogP contribution >= 0.6 is 11.6 Å². The number of benzene rings is 3. The second kappa shape index (κ2) is 7.15. The molecule has 120 valence electrons. The Morgan fingerprint density at radius 3 is 2.42 bits per heavy atom. The van der Waals surface area contributed by atoms with Gasteiger partial charge in [-0.2, -0.15) is 0 Å². The number of halogens is 2. The molecule has 0 radical (unpaired) electrons. The van der Waals surface area contributed by atoms with Crippen LogP contribution < -0.4 is 10.1 Å². The average Bonchev–Trinajstić information content (AvgIpc) is 2.59. The molecule has 1 N–H and O–H groups in total. The van der Waals surface area contributed by atoms with Crippen LogP contribution in [0, 0.1) is 5.82 Å². The number of carbonyl (C=O) groups excluding carboxylic acids is 1. The third-order valence-electron chi connectivity index (χ3n) is 3.25. The van der Waals surface area contributed by atoms with Crippen LogP contribution in [-0.4, -0.2) is 5.91 Å². The van der Waals surface area contributed by atoms with Crippen molar-refractivity contribution < 1.29 is 13.9 Å². The minimum absolute atomic E-state index is 0.0473. The average molecular weight is 342 g/mol. The van der Waals surface area contributed by atoms with Crippen LogP contribution in [0.1, 0.15) is 10.4 Å². The molecule has 0 fully saturated rings. The summed E-state index contributed by atoms with van der Waals surface area (Å²) >= 11 is 5.71. The Morgan fingerprint density at radius 2 is 1.67 bits per heavy atom. The Morgan fingerprint density at radius 1 is 0.917 bits per heavy atom. The van der Waals surface area contributed by atoms with E-state index in [-0.39, 0.29) is 10.9 Å². The molecule has 0 saturated carbocycles. The predicted molar refractivity (Wildman–Crippen MR) is 92.3 cm³/mol. The topological polar surface area (TPSA) is 38.3 Å². The van der Waals surface area contributed by atoms with E-state index in [9.17, 15) is 9.18 Å². The van der Waals surface area contributed by atoms with Gasteiger partial charge in [-0.05, 0) is 48.5 Å². The largest absolute Gasteiger partial charge is 0.457 e. The van der Waals surface area contributed by atoms with Crippen LogP contribution in [0.15, 0.2) is 72.8 Å². The highest BCUT2D eigenvalue weighted by Gasteiger charge is 2.09. The summed E-state index contributed by atoms with van der Waals surface area (Å²) in [7, 11) is 0. The maximum absolute atomic E-state index is 13.2. The number of carbonyl (C=O) groups is 1. The fourth-order valence-electron chi connectivity index (χ4n) is 2.10. The van der Waals surface area contributed by atoms with Crippen molar-refractivity contribution >= 4 is 23.2 Å². The van der Waals surface area contributed by atoms with Gasteiger partial charge in [0.15, 0.2) is 0 Å². The number of hydrogen-bond acceptors (Lipinski definition) is 2. The van der Waals surface area contributed by atoms with Gasteiger partial charge in [-0.15, -0.1) is 0 Å². The summed E-state index contributed by atoms with van der Waals surface area (Å²) in [6.07, 6.45) is 0.